The average Bonchev–Trinajstić information content (AvgIpc) is 2.78. The Balaban J connectivity index is 2.00. The molecule has 98 valence electrons. The SMILES string of the molecule is CCCc1nsc(NC2CCC(=O)N(C)C2=O)n1. The van der Waals surface area contributed by atoms with E-state index in [1.807, 2.05) is 0 Å². The minimum atomic E-state index is -0.366. The molecule has 0 radical (unpaired) electrons. The van der Waals surface area contributed by atoms with Crippen LogP contribution in [0.2, 0.25) is 0 Å². The van der Waals surface area contributed by atoms with Crippen LogP contribution in [0.25, 0.3) is 0 Å². The van der Waals surface area contributed by atoms with E-state index in [1.165, 1.54) is 23.5 Å². The van der Waals surface area contributed by atoms with E-state index < -0.39 is 0 Å². The fourth-order valence-corrected chi connectivity index (χ4v) is 2.50. The molecule has 0 aromatic carbocycles. The van der Waals surface area contributed by atoms with Crippen LogP contribution < -0.4 is 5.32 Å². The summed E-state index contributed by atoms with van der Waals surface area (Å²) in [6, 6.07) is -0.366. The molecule has 0 saturated carbocycles. The molecule has 1 aliphatic rings. The molecule has 7 heteroatoms. The van der Waals surface area contributed by atoms with Crippen molar-refractivity contribution in [1.82, 2.24) is 14.3 Å². The lowest BCUT2D eigenvalue weighted by Gasteiger charge is -2.27. The molecule has 1 fully saturated rings. The van der Waals surface area contributed by atoms with Gasteiger partial charge in [-0.25, -0.2) is 4.98 Å². The first-order valence-corrected chi connectivity index (χ1v) is 6.78. The van der Waals surface area contributed by atoms with E-state index in [1.54, 1.807) is 0 Å². The number of nitrogens with one attached hydrogen (secondary N) is 1. The summed E-state index contributed by atoms with van der Waals surface area (Å²) in [4.78, 5) is 28.7. The number of carbonyl (C=O) groups is 2. The average molecular weight is 268 g/mol. The molecule has 1 saturated heterocycles. The van der Waals surface area contributed by atoms with Crippen LogP contribution in [0.3, 0.4) is 0 Å². The van der Waals surface area contributed by atoms with Gasteiger partial charge in [-0.15, -0.1) is 0 Å². The molecule has 1 aromatic heterocycles. The Kier molecular flexibility index (Phi) is 3.90. The van der Waals surface area contributed by atoms with Gasteiger partial charge >= 0.3 is 0 Å². The predicted molar refractivity (Wildman–Crippen MR) is 68.3 cm³/mol. The number of piperidine rings is 1. The van der Waals surface area contributed by atoms with Crippen molar-refractivity contribution >= 4 is 28.5 Å². The summed E-state index contributed by atoms with van der Waals surface area (Å²) in [7, 11) is 1.51. The molecule has 2 rings (SSSR count). The zero-order valence-corrected chi connectivity index (χ0v) is 11.3. The second-order valence-electron chi connectivity index (χ2n) is 4.29. The first-order valence-electron chi connectivity index (χ1n) is 6.01. The van der Waals surface area contributed by atoms with Gasteiger partial charge in [0.15, 0.2) is 0 Å². The fourth-order valence-electron chi connectivity index (χ4n) is 1.84. The summed E-state index contributed by atoms with van der Waals surface area (Å²) >= 11 is 1.26. The van der Waals surface area contributed by atoms with Gasteiger partial charge in [0, 0.05) is 31.4 Å². The minimum absolute atomic E-state index is 0.123. The summed E-state index contributed by atoms with van der Waals surface area (Å²) in [6.07, 6.45) is 2.75. The highest BCUT2D eigenvalue weighted by Crippen LogP contribution is 2.19. The minimum Gasteiger partial charge on any atom is -0.348 e. The second-order valence-corrected chi connectivity index (χ2v) is 5.04. The molecule has 1 aliphatic heterocycles. The molecule has 0 aliphatic carbocycles. The lowest BCUT2D eigenvalue weighted by atomic mass is 10.1. The normalized spacial score (nSPS) is 20.3. The Bertz CT molecular complexity index is 460. The summed E-state index contributed by atoms with van der Waals surface area (Å²) in [5, 5.41) is 3.71. The lowest BCUT2D eigenvalue weighted by molar-refractivity contribution is -0.146. The molecule has 2 amide bonds. The third-order valence-corrected chi connectivity index (χ3v) is 3.57. The molecule has 0 bridgehead atoms. The standard InChI is InChI=1S/C11H16N4O2S/c1-3-4-8-13-11(18-14-8)12-7-5-6-9(16)15(2)10(7)17/h7H,3-6H2,1-2H3,(H,12,13,14). The maximum absolute atomic E-state index is 11.9. The molecular formula is C11H16N4O2S. The van der Waals surface area contributed by atoms with E-state index in [4.69, 9.17) is 0 Å². The Morgan fingerprint density at radius 1 is 1.50 bits per heavy atom. The van der Waals surface area contributed by atoms with Crippen molar-refractivity contribution in [1.29, 1.82) is 0 Å². The van der Waals surface area contributed by atoms with Crippen molar-refractivity contribution in [3.05, 3.63) is 5.82 Å². The quantitative estimate of drug-likeness (QED) is 0.826. The Hall–Kier alpha value is -1.50. The van der Waals surface area contributed by atoms with Crippen molar-refractivity contribution < 1.29 is 9.59 Å². The van der Waals surface area contributed by atoms with Crippen LogP contribution in [0.5, 0.6) is 0 Å². The number of anilines is 1. The highest BCUT2D eigenvalue weighted by molar-refractivity contribution is 7.09. The summed E-state index contributed by atoms with van der Waals surface area (Å²) in [5.41, 5.74) is 0. The highest BCUT2D eigenvalue weighted by atomic mass is 32.1. The van der Waals surface area contributed by atoms with Crippen LogP contribution >= 0.6 is 11.5 Å². The first-order chi connectivity index (χ1) is 8.61. The van der Waals surface area contributed by atoms with Gasteiger partial charge in [-0.05, 0) is 12.8 Å². The van der Waals surface area contributed by atoms with Crippen molar-refractivity contribution in [2.75, 3.05) is 12.4 Å². The first kappa shape index (κ1) is 12.9. The molecule has 0 spiro atoms. The smallest absolute Gasteiger partial charge is 0.251 e. The molecular weight excluding hydrogens is 252 g/mol. The van der Waals surface area contributed by atoms with Crippen LogP contribution in [-0.4, -0.2) is 39.2 Å². The number of hydrogen-bond donors (Lipinski definition) is 1. The number of amides is 2. The molecule has 18 heavy (non-hydrogen) atoms. The topological polar surface area (TPSA) is 75.2 Å². The van der Waals surface area contributed by atoms with Gasteiger partial charge in [0.2, 0.25) is 11.0 Å². The van der Waals surface area contributed by atoms with Gasteiger partial charge in [0.1, 0.15) is 11.9 Å². The molecule has 6 nitrogen and oxygen atoms in total. The number of aryl methyl sites for hydroxylation is 1. The van der Waals surface area contributed by atoms with Crippen LogP contribution in [-0.2, 0) is 16.0 Å². The van der Waals surface area contributed by atoms with Gasteiger partial charge in [-0.1, -0.05) is 6.92 Å². The van der Waals surface area contributed by atoms with Gasteiger partial charge in [0.05, 0.1) is 0 Å². The zero-order valence-electron chi connectivity index (χ0n) is 10.5. The summed E-state index contributed by atoms with van der Waals surface area (Å²) in [5.74, 6) is 0.484. The molecule has 1 atom stereocenters. The van der Waals surface area contributed by atoms with Crippen LogP contribution in [0.1, 0.15) is 32.0 Å². The van der Waals surface area contributed by atoms with Crippen molar-refractivity contribution in [3.63, 3.8) is 0 Å². The lowest BCUT2D eigenvalue weighted by Crippen LogP contribution is -2.48. The Morgan fingerprint density at radius 3 is 3.00 bits per heavy atom. The molecule has 2 heterocycles. The number of nitrogens with zero attached hydrogens (tertiary/aromatic N) is 3. The van der Waals surface area contributed by atoms with Crippen molar-refractivity contribution in [2.24, 2.45) is 0 Å². The van der Waals surface area contributed by atoms with E-state index in [9.17, 15) is 9.59 Å². The van der Waals surface area contributed by atoms with Crippen molar-refractivity contribution in [3.8, 4) is 0 Å². The maximum atomic E-state index is 11.9. The number of rotatable bonds is 4. The number of likely N-dealkylation sites (N-methyl/N-ethyl adjacent to an activating group) is 1. The van der Waals surface area contributed by atoms with Gasteiger partial charge in [0.25, 0.3) is 5.91 Å². The van der Waals surface area contributed by atoms with E-state index >= 15 is 0 Å². The number of hydrogen-bond acceptors (Lipinski definition) is 6. The highest BCUT2D eigenvalue weighted by Gasteiger charge is 2.32. The second kappa shape index (κ2) is 5.43. The van der Waals surface area contributed by atoms with Crippen LogP contribution in [0.15, 0.2) is 0 Å². The number of imide groups is 1. The Labute approximate surface area is 110 Å². The largest absolute Gasteiger partial charge is 0.348 e. The number of carbonyl (C=O) groups excluding carboxylic acids is 2. The van der Waals surface area contributed by atoms with E-state index in [0.29, 0.717) is 18.0 Å². The maximum Gasteiger partial charge on any atom is 0.251 e. The summed E-state index contributed by atoms with van der Waals surface area (Å²) in [6.45, 7) is 2.07. The van der Waals surface area contributed by atoms with Crippen molar-refractivity contribution in [2.45, 2.75) is 38.6 Å². The predicted octanol–water partition coefficient (Wildman–Crippen LogP) is 1.05. The summed E-state index contributed by atoms with van der Waals surface area (Å²) < 4.78 is 4.21. The number of aromatic nitrogens is 2. The zero-order chi connectivity index (χ0) is 13.1. The number of likely N-dealkylation sites (tertiary alicyclic amines) is 1. The van der Waals surface area contributed by atoms with E-state index in [2.05, 4.69) is 21.6 Å². The van der Waals surface area contributed by atoms with Gasteiger partial charge in [-0.3, -0.25) is 14.5 Å². The third-order valence-electron chi connectivity index (χ3n) is 2.89. The van der Waals surface area contributed by atoms with Gasteiger partial charge in [-0.2, -0.15) is 4.37 Å². The molecule has 1 unspecified atom stereocenters. The Morgan fingerprint density at radius 2 is 2.28 bits per heavy atom. The third kappa shape index (κ3) is 2.66. The van der Waals surface area contributed by atoms with Crippen LogP contribution in [0, 0.1) is 0 Å². The molecule has 1 N–H and O–H groups in total. The van der Waals surface area contributed by atoms with E-state index in [-0.39, 0.29) is 17.9 Å². The van der Waals surface area contributed by atoms with E-state index in [0.717, 1.165) is 18.7 Å². The van der Waals surface area contributed by atoms with Crippen LogP contribution in [0.4, 0.5) is 5.13 Å². The van der Waals surface area contributed by atoms with Gasteiger partial charge < -0.3 is 5.32 Å². The monoisotopic (exact) mass is 268 g/mol. The fraction of sp³-hybridized carbons (Fsp3) is 0.636. The molecule has 1 aromatic rings.